The molecule has 122 valence electrons. The monoisotopic (exact) mass is 349 g/mol. The van der Waals surface area contributed by atoms with Crippen LogP contribution in [0.25, 0.3) is 0 Å². The Kier molecular flexibility index (Phi) is 4.97. The topological polar surface area (TPSA) is 54.9 Å². The molecule has 0 spiro atoms. The molecular weight excluding hydrogens is 330 g/mol. The van der Waals surface area contributed by atoms with E-state index in [0.29, 0.717) is 11.0 Å². The molecule has 2 atom stereocenters. The molecule has 1 saturated carbocycles. The zero-order valence-electron chi connectivity index (χ0n) is 13.3. The van der Waals surface area contributed by atoms with E-state index in [1.54, 1.807) is 0 Å². The number of anilines is 1. The van der Waals surface area contributed by atoms with Crippen LogP contribution in [0.5, 0.6) is 0 Å². The first-order chi connectivity index (χ1) is 11.1. The van der Waals surface area contributed by atoms with E-state index in [9.17, 15) is 4.79 Å². The quantitative estimate of drug-likeness (QED) is 0.812. The molecule has 6 heteroatoms. The van der Waals surface area contributed by atoms with Gasteiger partial charge in [-0.15, -0.1) is 10.2 Å². The summed E-state index contributed by atoms with van der Waals surface area (Å²) < 4.78 is 0. The van der Waals surface area contributed by atoms with Crippen LogP contribution in [0.4, 0.5) is 5.13 Å². The molecule has 1 amide bonds. The Morgan fingerprint density at radius 3 is 2.78 bits per heavy atom. The predicted octanol–water partition coefficient (Wildman–Crippen LogP) is 4.84. The zero-order valence-corrected chi connectivity index (χ0v) is 14.8. The van der Waals surface area contributed by atoms with Crippen LogP contribution in [-0.4, -0.2) is 16.1 Å². The summed E-state index contributed by atoms with van der Waals surface area (Å²) in [5.74, 6) is 0.641. The van der Waals surface area contributed by atoms with Crippen LogP contribution in [0.3, 0.4) is 0 Å². The van der Waals surface area contributed by atoms with Crippen LogP contribution in [0.15, 0.2) is 24.3 Å². The number of halogens is 1. The minimum atomic E-state index is -0.0182. The highest BCUT2D eigenvalue weighted by atomic mass is 35.5. The van der Waals surface area contributed by atoms with Gasteiger partial charge in [-0.25, -0.2) is 0 Å². The first-order valence-electron chi connectivity index (χ1n) is 8.02. The number of nitrogens with zero attached hydrogens (tertiary/aromatic N) is 2. The predicted molar refractivity (Wildman–Crippen MR) is 94.2 cm³/mol. The summed E-state index contributed by atoms with van der Waals surface area (Å²) in [6.07, 6.45) is 2.92. The summed E-state index contributed by atoms with van der Waals surface area (Å²) >= 11 is 7.69. The Morgan fingerprint density at radius 1 is 1.35 bits per heavy atom. The Hall–Kier alpha value is -1.46. The third-order valence-corrected chi connectivity index (χ3v) is 5.78. The standard InChI is InChI=1S/C17H20ClN3OS/c1-3-10(4-2)16-20-21-17(23-16)19-15(22)13-9-12(13)11-7-5-6-8-14(11)18/h5-8,10,12-13H,3-4,9H2,1-2H3,(H,19,21,22). The number of amides is 1. The normalized spacial score (nSPS) is 19.8. The maximum atomic E-state index is 12.4. The van der Waals surface area contributed by atoms with Crippen LogP contribution in [-0.2, 0) is 4.79 Å². The summed E-state index contributed by atoms with van der Waals surface area (Å²) in [6, 6.07) is 7.73. The highest BCUT2D eigenvalue weighted by Crippen LogP contribution is 2.50. The molecule has 23 heavy (non-hydrogen) atoms. The van der Waals surface area contributed by atoms with Crippen molar-refractivity contribution in [3.05, 3.63) is 39.9 Å². The Morgan fingerprint density at radius 2 is 2.09 bits per heavy atom. The number of nitrogens with one attached hydrogen (secondary N) is 1. The third kappa shape index (κ3) is 3.56. The van der Waals surface area contributed by atoms with Gasteiger partial charge in [0, 0.05) is 16.9 Å². The average molecular weight is 350 g/mol. The molecule has 3 rings (SSSR count). The largest absolute Gasteiger partial charge is 0.300 e. The van der Waals surface area contributed by atoms with E-state index in [0.717, 1.165) is 34.9 Å². The van der Waals surface area contributed by atoms with E-state index in [2.05, 4.69) is 29.4 Å². The van der Waals surface area contributed by atoms with Crippen molar-refractivity contribution in [2.75, 3.05) is 5.32 Å². The number of rotatable bonds is 6. The summed E-state index contributed by atoms with van der Waals surface area (Å²) in [7, 11) is 0. The van der Waals surface area contributed by atoms with Gasteiger partial charge in [0.05, 0.1) is 0 Å². The fourth-order valence-electron chi connectivity index (χ4n) is 2.89. The third-order valence-electron chi connectivity index (χ3n) is 4.44. The van der Waals surface area contributed by atoms with Crippen LogP contribution in [0.1, 0.15) is 55.5 Å². The van der Waals surface area contributed by atoms with Crippen molar-refractivity contribution in [1.82, 2.24) is 10.2 Å². The molecule has 2 aromatic rings. The molecule has 1 N–H and O–H groups in total. The SMILES string of the molecule is CCC(CC)c1nnc(NC(=O)C2CC2c2ccccc2Cl)s1. The van der Waals surface area contributed by atoms with Gasteiger partial charge >= 0.3 is 0 Å². The second kappa shape index (κ2) is 6.97. The first-order valence-corrected chi connectivity index (χ1v) is 9.22. The molecular formula is C17H20ClN3OS. The maximum absolute atomic E-state index is 12.4. The number of aromatic nitrogens is 2. The lowest BCUT2D eigenvalue weighted by Gasteiger charge is -2.06. The van der Waals surface area contributed by atoms with E-state index in [4.69, 9.17) is 11.6 Å². The van der Waals surface area contributed by atoms with Crippen LogP contribution in [0, 0.1) is 5.92 Å². The van der Waals surface area contributed by atoms with Crippen molar-refractivity contribution in [3.63, 3.8) is 0 Å². The summed E-state index contributed by atoms with van der Waals surface area (Å²) in [5.41, 5.74) is 1.06. The molecule has 1 aromatic heterocycles. The molecule has 4 nitrogen and oxygen atoms in total. The van der Waals surface area contributed by atoms with Gasteiger partial charge in [-0.2, -0.15) is 0 Å². The van der Waals surface area contributed by atoms with Gasteiger partial charge in [0.25, 0.3) is 0 Å². The smallest absolute Gasteiger partial charge is 0.229 e. The highest BCUT2D eigenvalue weighted by molar-refractivity contribution is 7.15. The van der Waals surface area contributed by atoms with E-state index < -0.39 is 0 Å². The first kappa shape index (κ1) is 16.4. The number of carbonyl (C=O) groups excluding carboxylic acids is 1. The second-order valence-electron chi connectivity index (χ2n) is 5.92. The van der Waals surface area contributed by atoms with E-state index in [1.165, 1.54) is 11.3 Å². The molecule has 1 heterocycles. The van der Waals surface area contributed by atoms with Crippen LogP contribution >= 0.6 is 22.9 Å². The Balaban J connectivity index is 1.62. The Labute approximate surface area is 145 Å². The Bertz CT molecular complexity index is 699. The maximum Gasteiger partial charge on any atom is 0.229 e. The number of hydrogen-bond donors (Lipinski definition) is 1. The minimum Gasteiger partial charge on any atom is -0.300 e. The minimum absolute atomic E-state index is 0.0159. The molecule has 1 aliphatic rings. The van der Waals surface area contributed by atoms with Crippen LogP contribution in [0.2, 0.25) is 5.02 Å². The van der Waals surface area contributed by atoms with Crippen molar-refractivity contribution in [2.45, 2.75) is 44.9 Å². The summed E-state index contributed by atoms with van der Waals surface area (Å²) in [5, 5.41) is 13.6. The lowest BCUT2D eigenvalue weighted by Crippen LogP contribution is -2.14. The number of benzene rings is 1. The molecule has 1 aromatic carbocycles. The van der Waals surface area contributed by atoms with Gasteiger partial charge < -0.3 is 5.32 Å². The molecule has 0 saturated heterocycles. The van der Waals surface area contributed by atoms with Crippen LogP contribution < -0.4 is 5.32 Å². The van der Waals surface area contributed by atoms with Crippen molar-refractivity contribution in [1.29, 1.82) is 0 Å². The lowest BCUT2D eigenvalue weighted by molar-refractivity contribution is -0.117. The highest BCUT2D eigenvalue weighted by Gasteiger charge is 2.45. The second-order valence-corrected chi connectivity index (χ2v) is 7.33. The fourth-order valence-corrected chi connectivity index (χ4v) is 4.18. The van der Waals surface area contributed by atoms with Gasteiger partial charge in [0.15, 0.2) is 0 Å². The molecule has 2 unspecified atom stereocenters. The average Bonchev–Trinajstić information content (AvgIpc) is 3.22. The summed E-state index contributed by atoms with van der Waals surface area (Å²) in [6.45, 7) is 4.29. The van der Waals surface area contributed by atoms with Gasteiger partial charge in [0.1, 0.15) is 5.01 Å². The van der Waals surface area contributed by atoms with Crippen molar-refractivity contribution < 1.29 is 4.79 Å². The molecule has 1 fully saturated rings. The molecule has 0 bridgehead atoms. The fraction of sp³-hybridized carbons (Fsp3) is 0.471. The van der Waals surface area contributed by atoms with Gasteiger partial charge in [-0.05, 0) is 36.8 Å². The van der Waals surface area contributed by atoms with Gasteiger partial charge in [0.2, 0.25) is 11.0 Å². The molecule has 0 radical (unpaired) electrons. The number of hydrogen-bond acceptors (Lipinski definition) is 4. The molecule has 0 aliphatic heterocycles. The summed E-state index contributed by atoms with van der Waals surface area (Å²) in [4.78, 5) is 12.4. The van der Waals surface area contributed by atoms with Gasteiger partial charge in [-0.1, -0.05) is 55.0 Å². The van der Waals surface area contributed by atoms with E-state index >= 15 is 0 Å². The van der Waals surface area contributed by atoms with Crippen molar-refractivity contribution in [3.8, 4) is 0 Å². The van der Waals surface area contributed by atoms with E-state index in [-0.39, 0.29) is 17.7 Å². The number of carbonyl (C=O) groups is 1. The van der Waals surface area contributed by atoms with Crippen molar-refractivity contribution >= 4 is 34.0 Å². The van der Waals surface area contributed by atoms with E-state index in [1.807, 2.05) is 24.3 Å². The lowest BCUT2D eigenvalue weighted by atomic mass is 10.1. The zero-order chi connectivity index (χ0) is 16.4. The van der Waals surface area contributed by atoms with Gasteiger partial charge in [-0.3, -0.25) is 4.79 Å². The molecule has 1 aliphatic carbocycles. The van der Waals surface area contributed by atoms with Crippen molar-refractivity contribution in [2.24, 2.45) is 5.92 Å².